The molecule has 144 valence electrons. The molecule has 6 nitrogen and oxygen atoms in total. The zero-order valence-corrected chi connectivity index (χ0v) is 16.4. The first kappa shape index (κ1) is 18.6. The average molecular weight is 402 g/mol. The molecule has 0 bridgehead atoms. The first-order valence-corrected chi connectivity index (χ1v) is 9.72. The number of nitrogen functional groups attached to an aromatic ring is 2. The van der Waals surface area contributed by atoms with Crippen LogP contribution in [0.1, 0.15) is 31.2 Å². The zero-order chi connectivity index (χ0) is 20.5. The average Bonchev–Trinajstić information content (AvgIpc) is 3.03. The number of ketones is 1. The van der Waals surface area contributed by atoms with Gasteiger partial charge in [-0.2, -0.15) is 0 Å². The van der Waals surface area contributed by atoms with Crippen molar-refractivity contribution in [3.63, 3.8) is 0 Å². The number of nitrogens with zero attached hydrogens (tertiary/aromatic N) is 1. The molecule has 2 heterocycles. The molecule has 4 rings (SSSR count). The lowest BCUT2D eigenvalue weighted by molar-refractivity contribution is 0.102. The first-order chi connectivity index (χ1) is 13.9. The number of pyridine rings is 1. The van der Waals surface area contributed by atoms with E-state index in [-0.39, 0.29) is 23.1 Å². The van der Waals surface area contributed by atoms with Crippen LogP contribution < -0.4 is 16.8 Å². The molecule has 4 aromatic rings. The normalized spacial score (nSPS) is 10.8. The number of thiophene rings is 1. The number of para-hydroxylation sites is 1. The Morgan fingerprint density at radius 1 is 1.00 bits per heavy atom. The van der Waals surface area contributed by atoms with Crippen LogP contribution in [-0.4, -0.2) is 16.7 Å². The van der Waals surface area contributed by atoms with Gasteiger partial charge in [-0.15, -0.1) is 11.3 Å². The number of aryl methyl sites for hydroxylation is 1. The molecule has 0 unspecified atom stereocenters. The van der Waals surface area contributed by atoms with Gasteiger partial charge >= 0.3 is 0 Å². The maximum Gasteiger partial charge on any atom is 0.259 e. The minimum absolute atomic E-state index is 0.0847. The molecular weight excluding hydrogens is 384 g/mol. The van der Waals surface area contributed by atoms with Crippen molar-refractivity contribution in [1.82, 2.24) is 4.98 Å². The fourth-order valence-corrected chi connectivity index (χ4v) is 4.01. The number of rotatable bonds is 4. The number of nitrogens with one attached hydrogen (secondary N) is 1. The number of benzene rings is 2. The van der Waals surface area contributed by atoms with E-state index in [1.165, 1.54) is 11.3 Å². The Morgan fingerprint density at radius 3 is 2.38 bits per heavy atom. The number of amides is 1. The number of hydrogen-bond donors (Lipinski definition) is 3. The zero-order valence-electron chi connectivity index (χ0n) is 15.6. The van der Waals surface area contributed by atoms with Gasteiger partial charge in [-0.25, -0.2) is 4.98 Å². The highest BCUT2D eigenvalue weighted by Gasteiger charge is 2.21. The monoisotopic (exact) mass is 402 g/mol. The van der Waals surface area contributed by atoms with Crippen LogP contribution in [0.5, 0.6) is 0 Å². The summed E-state index contributed by atoms with van der Waals surface area (Å²) in [6, 6.07) is 17.9. The number of fused-ring (bicyclic) bond motifs is 1. The van der Waals surface area contributed by atoms with Crippen molar-refractivity contribution >= 4 is 50.4 Å². The van der Waals surface area contributed by atoms with Crippen molar-refractivity contribution < 1.29 is 9.59 Å². The van der Waals surface area contributed by atoms with E-state index >= 15 is 0 Å². The van der Waals surface area contributed by atoms with Gasteiger partial charge in [0.15, 0.2) is 0 Å². The number of nitrogens with two attached hydrogens (primary N) is 2. The summed E-state index contributed by atoms with van der Waals surface area (Å²) in [7, 11) is 0. The second-order valence-corrected chi connectivity index (χ2v) is 7.63. The highest BCUT2D eigenvalue weighted by atomic mass is 32.1. The van der Waals surface area contributed by atoms with E-state index in [0.717, 1.165) is 5.56 Å². The Morgan fingerprint density at radius 2 is 1.69 bits per heavy atom. The quantitative estimate of drug-likeness (QED) is 0.442. The van der Waals surface area contributed by atoms with Gasteiger partial charge in [0.2, 0.25) is 5.78 Å². The molecule has 2 aromatic heterocycles. The number of carbonyl (C=O) groups is 2. The minimum atomic E-state index is -0.389. The molecule has 0 fully saturated rings. The van der Waals surface area contributed by atoms with Crippen molar-refractivity contribution in [2.24, 2.45) is 0 Å². The first-order valence-electron chi connectivity index (χ1n) is 8.90. The van der Waals surface area contributed by atoms with E-state index < -0.39 is 0 Å². The number of hydrogen-bond acceptors (Lipinski definition) is 6. The van der Waals surface area contributed by atoms with Crippen LogP contribution in [0.15, 0.2) is 60.7 Å². The standard InChI is InChI=1S/C22H18N4O2S/c1-12-7-9-13(10-8-12)18(27)19-17(23)15-11-16(20(24)26-22(15)29-19)21(28)25-14-5-3-2-4-6-14/h2-11H,23H2,1H3,(H2,24,26)(H,25,28). The lowest BCUT2D eigenvalue weighted by Crippen LogP contribution is -2.14. The highest BCUT2D eigenvalue weighted by Crippen LogP contribution is 2.36. The molecule has 0 saturated heterocycles. The van der Waals surface area contributed by atoms with Gasteiger partial charge in [-0.1, -0.05) is 48.0 Å². The third-order valence-corrected chi connectivity index (χ3v) is 5.66. The fourth-order valence-electron chi connectivity index (χ4n) is 2.96. The van der Waals surface area contributed by atoms with Crippen LogP contribution >= 0.6 is 11.3 Å². The number of aromatic nitrogens is 1. The van der Waals surface area contributed by atoms with Crippen molar-refractivity contribution in [1.29, 1.82) is 0 Å². The maximum absolute atomic E-state index is 12.9. The summed E-state index contributed by atoms with van der Waals surface area (Å²) in [5, 5.41) is 3.32. The Bertz CT molecular complexity index is 1230. The summed E-state index contributed by atoms with van der Waals surface area (Å²) < 4.78 is 0. The van der Waals surface area contributed by atoms with Gasteiger partial charge < -0.3 is 16.8 Å². The molecule has 0 spiro atoms. The summed E-state index contributed by atoms with van der Waals surface area (Å²) in [5.74, 6) is -0.485. The predicted molar refractivity (Wildman–Crippen MR) is 117 cm³/mol. The van der Waals surface area contributed by atoms with E-state index in [1.807, 2.05) is 37.3 Å². The third-order valence-electron chi connectivity index (χ3n) is 4.55. The largest absolute Gasteiger partial charge is 0.397 e. The summed E-state index contributed by atoms with van der Waals surface area (Å²) in [4.78, 5) is 30.8. The van der Waals surface area contributed by atoms with E-state index in [9.17, 15) is 9.59 Å². The van der Waals surface area contributed by atoms with E-state index in [4.69, 9.17) is 11.5 Å². The highest BCUT2D eigenvalue weighted by molar-refractivity contribution is 7.21. The third kappa shape index (κ3) is 3.55. The molecule has 0 saturated carbocycles. The Balaban J connectivity index is 1.72. The van der Waals surface area contributed by atoms with E-state index in [2.05, 4.69) is 10.3 Å². The summed E-state index contributed by atoms with van der Waals surface area (Å²) >= 11 is 1.17. The smallest absolute Gasteiger partial charge is 0.259 e. The molecule has 0 aliphatic rings. The Kier molecular flexibility index (Phi) is 4.74. The van der Waals surface area contributed by atoms with E-state index in [1.54, 1.807) is 30.3 Å². The van der Waals surface area contributed by atoms with Crippen LogP contribution in [0.3, 0.4) is 0 Å². The Hall–Kier alpha value is -3.71. The molecule has 29 heavy (non-hydrogen) atoms. The van der Waals surface area contributed by atoms with Gasteiger partial charge in [-0.3, -0.25) is 9.59 Å². The number of anilines is 3. The SMILES string of the molecule is Cc1ccc(C(=O)c2sc3nc(N)c(C(=O)Nc4ccccc4)cc3c2N)cc1. The second-order valence-electron chi connectivity index (χ2n) is 6.63. The van der Waals surface area contributed by atoms with Gasteiger partial charge in [0.1, 0.15) is 15.5 Å². The van der Waals surface area contributed by atoms with Crippen molar-refractivity contribution in [3.8, 4) is 0 Å². The van der Waals surface area contributed by atoms with Crippen LogP contribution in [0.4, 0.5) is 17.2 Å². The van der Waals surface area contributed by atoms with Crippen molar-refractivity contribution in [2.75, 3.05) is 16.8 Å². The van der Waals surface area contributed by atoms with E-state index in [0.29, 0.717) is 32.0 Å². The van der Waals surface area contributed by atoms with Gasteiger partial charge in [0, 0.05) is 16.6 Å². The fraction of sp³-hybridized carbons (Fsp3) is 0.0455. The van der Waals surface area contributed by atoms with Crippen LogP contribution in [0, 0.1) is 6.92 Å². The molecule has 2 aromatic carbocycles. The minimum Gasteiger partial charge on any atom is -0.397 e. The van der Waals surface area contributed by atoms with Gasteiger partial charge in [-0.05, 0) is 25.1 Å². The predicted octanol–water partition coefficient (Wildman–Crippen LogP) is 4.25. The maximum atomic E-state index is 12.9. The van der Waals surface area contributed by atoms with Crippen LogP contribution in [0.2, 0.25) is 0 Å². The summed E-state index contributed by atoms with van der Waals surface area (Å²) in [6.07, 6.45) is 0. The molecule has 5 N–H and O–H groups in total. The molecule has 0 aliphatic heterocycles. The van der Waals surface area contributed by atoms with Crippen LogP contribution in [0.25, 0.3) is 10.2 Å². The molecule has 7 heteroatoms. The lowest BCUT2D eigenvalue weighted by Gasteiger charge is -2.07. The molecule has 0 radical (unpaired) electrons. The summed E-state index contributed by atoms with van der Waals surface area (Å²) in [5.41, 5.74) is 15.0. The second kappa shape index (κ2) is 7.37. The molecule has 0 atom stereocenters. The lowest BCUT2D eigenvalue weighted by atomic mass is 10.1. The van der Waals surface area contributed by atoms with Crippen molar-refractivity contribution in [2.45, 2.75) is 6.92 Å². The molecule has 0 aliphatic carbocycles. The molecular formula is C22H18N4O2S. The summed E-state index contributed by atoms with van der Waals surface area (Å²) in [6.45, 7) is 1.96. The van der Waals surface area contributed by atoms with Crippen molar-refractivity contribution in [3.05, 3.63) is 82.2 Å². The Labute approximate surface area is 171 Å². The van der Waals surface area contributed by atoms with Crippen LogP contribution in [-0.2, 0) is 0 Å². The topological polar surface area (TPSA) is 111 Å². The molecule has 1 amide bonds. The number of carbonyl (C=O) groups excluding carboxylic acids is 2. The van der Waals surface area contributed by atoms with Gasteiger partial charge in [0.25, 0.3) is 5.91 Å². The van der Waals surface area contributed by atoms with Gasteiger partial charge in [0.05, 0.1) is 11.3 Å².